The molecule has 0 aliphatic carbocycles. The van der Waals surface area contributed by atoms with Crippen LogP contribution in [0.1, 0.15) is 0 Å². The highest BCUT2D eigenvalue weighted by atomic mass is 16.3. The van der Waals surface area contributed by atoms with Gasteiger partial charge in [0.25, 0.3) is 0 Å². The highest BCUT2D eigenvalue weighted by molar-refractivity contribution is 6.33. The minimum Gasteiger partial charge on any atom is -0.456 e. The van der Waals surface area contributed by atoms with Gasteiger partial charge in [-0.15, -0.1) is 0 Å². The van der Waals surface area contributed by atoms with Crippen molar-refractivity contribution in [1.82, 2.24) is 0 Å². The minimum absolute atomic E-state index is 0.910. The van der Waals surface area contributed by atoms with Gasteiger partial charge in [-0.3, -0.25) is 0 Å². The Morgan fingerprint density at radius 3 is 2.00 bits per heavy atom. The van der Waals surface area contributed by atoms with Crippen LogP contribution in [0.5, 0.6) is 0 Å². The number of hydrogen-bond donors (Lipinski definition) is 0. The first-order valence-electron chi connectivity index (χ1n) is 7.04. The van der Waals surface area contributed by atoms with Gasteiger partial charge in [-0.05, 0) is 24.3 Å². The third-order valence-electron chi connectivity index (χ3n) is 4.12. The number of rotatable bonds is 0. The summed E-state index contributed by atoms with van der Waals surface area (Å²) in [5.74, 6) is 0. The Morgan fingerprint density at radius 1 is 0.571 bits per heavy atom. The van der Waals surface area contributed by atoms with E-state index in [1.165, 1.54) is 5.46 Å². The molecule has 0 saturated heterocycles. The lowest BCUT2D eigenvalue weighted by molar-refractivity contribution is 0.664. The number of hydrogen-bond acceptors (Lipinski definition) is 2. The third-order valence-corrected chi connectivity index (χ3v) is 4.12. The van der Waals surface area contributed by atoms with Gasteiger partial charge in [-0.2, -0.15) is 0 Å². The molecule has 0 atom stereocenters. The molecule has 0 spiro atoms. The molecule has 0 radical (unpaired) electrons. The van der Waals surface area contributed by atoms with Crippen molar-refractivity contribution in [3.63, 3.8) is 0 Å². The van der Waals surface area contributed by atoms with Crippen LogP contribution in [0.4, 0.5) is 0 Å². The topological polar surface area (TPSA) is 26.3 Å². The average molecular weight is 270 g/mol. The quantitative estimate of drug-likeness (QED) is 0.401. The number of furan rings is 2. The maximum Gasteiger partial charge on any atom is 0.139 e. The van der Waals surface area contributed by atoms with Gasteiger partial charge in [0.15, 0.2) is 0 Å². The van der Waals surface area contributed by atoms with Crippen LogP contribution < -0.4 is 5.46 Å². The third kappa shape index (κ3) is 1.43. The molecule has 3 heteroatoms. The molecule has 5 aromatic rings. The van der Waals surface area contributed by atoms with Gasteiger partial charge < -0.3 is 8.83 Å². The number of benzene rings is 3. The average Bonchev–Trinajstić information content (AvgIpc) is 3.02. The molecular formula is C18H11BO2. The number of fused-ring (bicyclic) bond motifs is 6. The van der Waals surface area contributed by atoms with Crippen LogP contribution in [0.15, 0.2) is 63.4 Å². The Kier molecular flexibility index (Phi) is 1.94. The highest BCUT2D eigenvalue weighted by Gasteiger charge is 2.12. The van der Waals surface area contributed by atoms with Crippen LogP contribution in [-0.4, -0.2) is 7.85 Å². The summed E-state index contributed by atoms with van der Waals surface area (Å²) in [6.07, 6.45) is 0. The second kappa shape index (κ2) is 3.70. The summed E-state index contributed by atoms with van der Waals surface area (Å²) in [6, 6.07) is 18.6. The van der Waals surface area contributed by atoms with Crippen molar-refractivity contribution in [3.8, 4) is 0 Å². The van der Waals surface area contributed by atoms with E-state index in [-0.39, 0.29) is 0 Å². The molecule has 5 rings (SSSR count). The first-order valence-corrected chi connectivity index (χ1v) is 7.04. The molecule has 98 valence electrons. The zero-order chi connectivity index (χ0) is 14.0. The molecule has 0 unspecified atom stereocenters. The molecule has 0 aliphatic rings. The van der Waals surface area contributed by atoms with Crippen molar-refractivity contribution in [3.05, 3.63) is 54.6 Å². The zero-order valence-electron chi connectivity index (χ0n) is 11.5. The Hall–Kier alpha value is -2.68. The summed E-state index contributed by atoms with van der Waals surface area (Å²) < 4.78 is 12.0. The predicted molar refractivity (Wildman–Crippen MR) is 89.2 cm³/mol. The molecule has 3 aromatic carbocycles. The fourth-order valence-electron chi connectivity index (χ4n) is 3.11. The maximum absolute atomic E-state index is 5.99. The van der Waals surface area contributed by atoms with Gasteiger partial charge in [0.2, 0.25) is 0 Å². The van der Waals surface area contributed by atoms with Gasteiger partial charge in [0.1, 0.15) is 30.2 Å². The van der Waals surface area contributed by atoms with E-state index >= 15 is 0 Å². The summed E-state index contributed by atoms with van der Waals surface area (Å²) in [6.45, 7) is 0. The highest BCUT2D eigenvalue weighted by Crippen LogP contribution is 2.35. The Labute approximate surface area is 121 Å². The fraction of sp³-hybridized carbons (Fsp3) is 0. The lowest BCUT2D eigenvalue weighted by Crippen LogP contribution is -1.98. The molecule has 0 bridgehead atoms. The SMILES string of the molecule is Bc1ccc2oc3cc4c(cc3c2c1)oc1ccccc14. The smallest absolute Gasteiger partial charge is 0.139 e. The van der Waals surface area contributed by atoms with Crippen molar-refractivity contribution in [2.45, 2.75) is 0 Å². The van der Waals surface area contributed by atoms with Crippen LogP contribution in [0.3, 0.4) is 0 Å². The van der Waals surface area contributed by atoms with E-state index in [1.807, 2.05) is 24.3 Å². The largest absolute Gasteiger partial charge is 0.456 e. The molecule has 0 aliphatic heterocycles. The van der Waals surface area contributed by atoms with Crippen molar-refractivity contribution in [2.24, 2.45) is 0 Å². The molecule has 2 heterocycles. The van der Waals surface area contributed by atoms with Gasteiger partial charge in [-0.25, -0.2) is 0 Å². The van der Waals surface area contributed by atoms with E-state index in [1.54, 1.807) is 0 Å². The summed E-state index contributed by atoms with van der Waals surface area (Å²) >= 11 is 0. The zero-order valence-corrected chi connectivity index (χ0v) is 11.5. The summed E-state index contributed by atoms with van der Waals surface area (Å²) in [4.78, 5) is 0. The van der Waals surface area contributed by atoms with Crippen molar-refractivity contribution in [2.75, 3.05) is 0 Å². The van der Waals surface area contributed by atoms with E-state index < -0.39 is 0 Å². The normalized spacial score (nSPS) is 12.0. The second-order valence-electron chi connectivity index (χ2n) is 5.54. The molecule has 0 amide bonds. The van der Waals surface area contributed by atoms with Gasteiger partial charge in [0, 0.05) is 21.5 Å². The van der Waals surface area contributed by atoms with Crippen molar-refractivity contribution >= 4 is 57.2 Å². The molecule has 0 fully saturated rings. The molecule has 2 aromatic heterocycles. The molecule has 0 N–H and O–H groups in total. The van der Waals surface area contributed by atoms with E-state index in [0.29, 0.717) is 0 Å². The van der Waals surface area contributed by atoms with Crippen LogP contribution in [0.2, 0.25) is 0 Å². The van der Waals surface area contributed by atoms with Crippen molar-refractivity contribution < 1.29 is 8.83 Å². The predicted octanol–water partition coefficient (Wildman–Crippen LogP) is 3.74. The van der Waals surface area contributed by atoms with E-state index in [0.717, 1.165) is 43.9 Å². The number of para-hydroxylation sites is 1. The van der Waals surface area contributed by atoms with Crippen LogP contribution in [0.25, 0.3) is 43.9 Å². The first-order chi connectivity index (χ1) is 10.3. The standard InChI is InChI=1S/C18H11BO2/c19-10-5-6-16-12(7-10)14-9-17-13(8-18(14)21-16)11-3-1-2-4-15(11)20-17/h1-9H,19H2. The maximum atomic E-state index is 5.99. The van der Waals surface area contributed by atoms with Gasteiger partial charge >= 0.3 is 0 Å². The summed E-state index contributed by atoms with van der Waals surface area (Å²) in [5.41, 5.74) is 4.89. The molecule has 2 nitrogen and oxygen atoms in total. The molecular weight excluding hydrogens is 259 g/mol. The second-order valence-corrected chi connectivity index (χ2v) is 5.54. The van der Waals surface area contributed by atoms with Crippen LogP contribution >= 0.6 is 0 Å². The van der Waals surface area contributed by atoms with E-state index in [9.17, 15) is 0 Å². The minimum atomic E-state index is 0.910. The Balaban J connectivity index is 2.02. The van der Waals surface area contributed by atoms with Crippen LogP contribution in [0, 0.1) is 0 Å². The lowest BCUT2D eigenvalue weighted by atomic mass is 9.94. The van der Waals surface area contributed by atoms with Gasteiger partial charge in [0.05, 0.1) is 0 Å². The summed E-state index contributed by atoms with van der Waals surface area (Å²) in [5, 5.41) is 4.49. The molecule has 21 heavy (non-hydrogen) atoms. The Bertz CT molecular complexity index is 1150. The monoisotopic (exact) mass is 270 g/mol. The Morgan fingerprint density at radius 2 is 1.19 bits per heavy atom. The summed E-state index contributed by atoms with van der Waals surface area (Å²) in [7, 11) is 2.10. The van der Waals surface area contributed by atoms with Crippen molar-refractivity contribution in [1.29, 1.82) is 0 Å². The fourth-order valence-corrected chi connectivity index (χ4v) is 3.11. The van der Waals surface area contributed by atoms with Gasteiger partial charge in [-0.1, -0.05) is 35.8 Å². The van der Waals surface area contributed by atoms with E-state index in [2.05, 4.69) is 38.2 Å². The van der Waals surface area contributed by atoms with Crippen LogP contribution in [-0.2, 0) is 0 Å². The first kappa shape index (κ1) is 11.0. The lowest BCUT2D eigenvalue weighted by Gasteiger charge is -1.92. The molecule has 0 saturated carbocycles. The van der Waals surface area contributed by atoms with E-state index in [4.69, 9.17) is 8.83 Å².